The fraction of sp³-hybridized carbons (Fsp3) is 1.00. The molecular formula is C10H19I. The number of halogens is 1. The summed E-state index contributed by atoms with van der Waals surface area (Å²) in [5.74, 6) is 0. The van der Waals surface area contributed by atoms with Crippen molar-refractivity contribution in [1.82, 2.24) is 0 Å². The number of hydrogen-bond acceptors (Lipinski definition) is 0. The van der Waals surface area contributed by atoms with Crippen LogP contribution in [0.3, 0.4) is 0 Å². The van der Waals surface area contributed by atoms with E-state index in [2.05, 4.69) is 16.8 Å². The van der Waals surface area contributed by atoms with Gasteiger partial charge in [-0.05, 0) is 0 Å². The van der Waals surface area contributed by atoms with Crippen LogP contribution in [0.5, 0.6) is 0 Å². The average molecular weight is 266 g/mol. The quantitative estimate of drug-likeness (QED) is 0.503. The third-order valence-corrected chi connectivity index (χ3v) is 9.92. The van der Waals surface area contributed by atoms with E-state index in [0.717, 1.165) is 8.84 Å². The Hall–Kier alpha value is 0.730. The van der Waals surface area contributed by atoms with Crippen molar-refractivity contribution in [2.24, 2.45) is 5.41 Å². The van der Waals surface area contributed by atoms with Gasteiger partial charge in [0.2, 0.25) is 0 Å². The van der Waals surface area contributed by atoms with Crippen LogP contribution in [-0.2, 0) is 0 Å². The Morgan fingerprint density at radius 2 is 1.55 bits per heavy atom. The maximum absolute atomic E-state index is 2.56. The number of alkyl halides is 3. The van der Waals surface area contributed by atoms with Gasteiger partial charge in [0.15, 0.2) is 0 Å². The standard InChI is InChI=1S/C10H19I/c1-9(11(2)3)4-5-10(8-9)6-7-10/h4-8H2,1-3H3. The zero-order chi connectivity index (χ0) is 8.11. The van der Waals surface area contributed by atoms with Crippen LogP contribution >= 0.6 is 19.8 Å². The first-order valence-corrected chi connectivity index (χ1v) is 9.96. The number of rotatable bonds is 1. The molecule has 1 heteroatoms. The Kier molecular flexibility index (Phi) is 1.79. The van der Waals surface area contributed by atoms with Crippen molar-refractivity contribution >= 4 is 19.8 Å². The third kappa shape index (κ3) is 1.34. The molecule has 0 aliphatic heterocycles. The summed E-state index contributed by atoms with van der Waals surface area (Å²) in [4.78, 5) is 5.09. The van der Waals surface area contributed by atoms with Crippen LogP contribution in [0.25, 0.3) is 0 Å². The third-order valence-electron chi connectivity index (χ3n) is 3.79. The molecule has 2 aliphatic carbocycles. The second-order valence-electron chi connectivity index (χ2n) is 4.85. The van der Waals surface area contributed by atoms with Crippen LogP contribution in [-0.4, -0.2) is 13.3 Å². The van der Waals surface area contributed by atoms with Crippen LogP contribution < -0.4 is 0 Å². The van der Waals surface area contributed by atoms with Gasteiger partial charge in [-0.1, -0.05) is 0 Å². The molecule has 0 aromatic heterocycles. The van der Waals surface area contributed by atoms with Crippen molar-refractivity contribution in [2.75, 3.05) is 9.86 Å². The summed E-state index contributed by atoms with van der Waals surface area (Å²) in [6.07, 6.45) is 7.85. The molecular weight excluding hydrogens is 247 g/mol. The molecule has 11 heavy (non-hydrogen) atoms. The van der Waals surface area contributed by atoms with Crippen molar-refractivity contribution in [1.29, 1.82) is 0 Å². The Labute approximate surface area is 77.5 Å². The zero-order valence-corrected chi connectivity index (χ0v) is 10.1. The molecule has 0 aromatic carbocycles. The van der Waals surface area contributed by atoms with Crippen LogP contribution in [0.1, 0.15) is 39.0 Å². The van der Waals surface area contributed by atoms with E-state index in [1.807, 2.05) is 0 Å². The van der Waals surface area contributed by atoms with E-state index in [1.54, 1.807) is 32.1 Å². The van der Waals surface area contributed by atoms with Gasteiger partial charge in [-0.2, -0.15) is 0 Å². The first-order valence-electron chi connectivity index (χ1n) is 4.57. The van der Waals surface area contributed by atoms with Crippen molar-refractivity contribution < 1.29 is 0 Å². The van der Waals surface area contributed by atoms with E-state index in [0.29, 0.717) is 0 Å². The Morgan fingerprint density at radius 3 is 1.82 bits per heavy atom. The summed E-state index contributed by atoms with van der Waals surface area (Å²) in [5.41, 5.74) is 0.899. The number of hydrogen-bond donors (Lipinski definition) is 0. The Balaban J connectivity index is 2.07. The van der Waals surface area contributed by atoms with Crippen molar-refractivity contribution in [3.63, 3.8) is 0 Å². The van der Waals surface area contributed by atoms with E-state index in [-0.39, 0.29) is 0 Å². The van der Waals surface area contributed by atoms with Crippen LogP contribution in [0.2, 0.25) is 0 Å². The molecule has 0 saturated heterocycles. The van der Waals surface area contributed by atoms with Gasteiger partial charge >= 0.3 is 77.5 Å². The van der Waals surface area contributed by atoms with E-state index >= 15 is 0 Å². The minimum atomic E-state index is -0.543. The molecule has 1 atom stereocenters. The van der Waals surface area contributed by atoms with Gasteiger partial charge in [0.1, 0.15) is 0 Å². The summed E-state index contributed by atoms with van der Waals surface area (Å²) < 4.78 is 0.848. The summed E-state index contributed by atoms with van der Waals surface area (Å²) in [7, 11) is 0. The van der Waals surface area contributed by atoms with Gasteiger partial charge < -0.3 is 0 Å². The summed E-state index contributed by atoms with van der Waals surface area (Å²) >= 11 is -0.543. The van der Waals surface area contributed by atoms with Gasteiger partial charge in [-0.25, -0.2) is 0 Å². The molecule has 1 unspecified atom stereocenters. The zero-order valence-electron chi connectivity index (χ0n) is 7.91. The molecule has 0 bridgehead atoms. The molecule has 2 saturated carbocycles. The van der Waals surface area contributed by atoms with Crippen molar-refractivity contribution in [2.45, 2.75) is 42.4 Å². The van der Waals surface area contributed by atoms with E-state index in [1.165, 1.54) is 0 Å². The van der Waals surface area contributed by atoms with E-state index in [9.17, 15) is 0 Å². The maximum atomic E-state index is 2.56. The molecule has 0 aromatic rings. The molecule has 1 spiro atoms. The summed E-state index contributed by atoms with van der Waals surface area (Å²) in [5, 5.41) is 0. The molecule has 0 radical (unpaired) electrons. The second-order valence-corrected chi connectivity index (χ2v) is 11.8. The average Bonchev–Trinajstić information content (AvgIpc) is 2.55. The Bertz CT molecular complexity index is 170. The van der Waals surface area contributed by atoms with Gasteiger partial charge in [0.25, 0.3) is 0 Å². The topological polar surface area (TPSA) is 0 Å². The normalized spacial score (nSPS) is 41.2. The van der Waals surface area contributed by atoms with Crippen molar-refractivity contribution in [3.8, 4) is 0 Å². The predicted molar refractivity (Wildman–Crippen MR) is 59.8 cm³/mol. The minimum absolute atomic E-state index is 0.543. The first kappa shape index (κ1) is 8.33. The van der Waals surface area contributed by atoms with Crippen LogP contribution in [0, 0.1) is 5.41 Å². The SMILES string of the molecule is CI(C)C1(C)CCC2(CC2)C1. The second kappa shape index (κ2) is 2.36. The molecule has 66 valence electrons. The molecule has 2 rings (SSSR count). The van der Waals surface area contributed by atoms with Crippen LogP contribution in [0.4, 0.5) is 0 Å². The molecule has 0 amide bonds. The van der Waals surface area contributed by atoms with Gasteiger partial charge in [0.05, 0.1) is 0 Å². The summed E-state index contributed by atoms with van der Waals surface area (Å²) in [6, 6.07) is 0. The van der Waals surface area contributed by atoms with Gasteiger partial charge in [0, 0.05) is 0 Å². The fourth-order valence-corrected chi connectivity index (χ4v) is 5.33. The van der Waals surface area contributed by atoms with Crippen molar-refractivity contribution in [3.05, 3.63) is 0 Å². The first-order chi connectivity index (χ1) is 5.06. The predicted octanol–water partition coefficient (Wildman–Crippen LogP) is 3.48. The van der Waals surface area contributed by atoms with Crippen LogP contribution in [0.15, 0.2) is 0 Å². The molecule has 0 N–H and O–H groups in total. The fourth-order valence-electron chi connectivity index (χ4n) is 2.41. The van der Waals surface area contributed by atoms with Gasteiger partial charge in [-0.15, -0.1) is 0 Å². The molecule has 2 fully saturated rings. The Morgan fingerprint density at radius 1 is 1.00 bits per heavy atom. The van der Waals surface area contributed by atoms with E-state index in [4.69, 9.17) is 0 Å². The van der Waals surface area contributed by atoms with Gasteiger partial charge in [-0.3, -0.25) is 0 Å². The summed E-state index contributed by atoms with van der Waals surface area (Å²) in [6.45, 7) is 2.56. The monoisotopic (exact) mass is 266 g/mol. The van der Waals surface area contributed by atoms with E-state index < -0.39 is 19.8 Å². The molecule has 0 heterocycles. The molecule has 2 aliphatic rings. The molecule has 0 nitrogen and oxygen atoms in total.